The van der Waals surface area contributed by atoms with Gasteiger partial charge in [-0.1, -0.05) is 12.1 Å². The number of hydrogen-bond acceptors (Lipinski definition) is 4. The van der Waals surface area contributed by atoms with E-state index in [4.69, 9.17) is 0 Å². The van der Waals surface area contributed by atoms with E-state index < -0.39 is 23.5 Å². The van der Waals surface area contributed by atoms with Gasteiger partial charge in [-0.2, -0.15) is 13.2 Å². The van der Waals surface area contributed by atoms with Crippen LogP contribution in [0.5, 0.6) is 0 Å². The maximum absolute atomic E-state index is 13.1. The van der Waals surface area contributed by atoms with E-state index in [2.05, 4.69) is 20.6 Å². The first-order valence-corrected chi connectivity index (χ1v) is 7.65. The van der Waals surface area contributed by atoms with Crippen LogP contribution in [0.1, 0.15) is 16.1 Å². The normalized spacial score (nSPS) is 11.1. The fourth-order valence-electron chi connectivity index (χ4n) is 2.26. The number of carbonyl (C=O) groups excluding carboxylic acids is 1. The molecule has 3 rings (SSSR count). The molecule has 138 valence electrons. The standard InChI is InChI=1S/C18H12F4N4O/c19-11-5-7-12(8-6-11)25-17(27)15-9-16(24-10-23-15)26-14-4-2-1-3-13(14)18(20,21)22/h1-10H,(H,25,27)(H,23,24,26). The quantitative estimate of drug-likeness (QED) is 0.652. The predicted molar refractivity (Wildman–Crippen MR) is 91.1 cm³/mol. The fraction of sp³-hybridized carbons (Fsp3) is 0.0556. The zero-order valence-corrected chi connectivity index (χ0v) is 13.6. The number of anilines is 3. The Labute approximate surface area is 151 Å². The summed E-state index contributed by atoms with van der Waals surface area (Å²) in [4.78, 5) is 19.9. The minimum Gasteiger partial charge on any atom is -0.340 e. The molecule has 0 spiro atoms. The second kappa shape index (κ2) is 7.40. The molecule has 1 amide bonds. The topological polar surface area (TPSA) is 66.9 Å². The van der Waals surface area contributed by atoms with Crippen LogP contribution >= 0.6 is 0 Å². The number of benzene rings is 2. The fourth-order valence-corrected chi connectivity index (χ4v) is 2.26. The number of hydrogen-bond donors (Lipinski definition) is 2. The lowest BCUT2D eigenvalue weighted by atomic mass is 10.1. The molecule has 0 fully saturated rings. The van der Waals surface area contributed by atoms with Gasteiger partial charge in [0.1, 0.15) is 23.7 Å². The van der Waals surface area contributed by atoms with E-state index in [1.54, 1.807) is 0 Å². The molecule has 0 bridgehead atoms. The van der Waals surface area contributed by atoms with Crippen molar-refractivity contribution in [2.24, 2.45) is 0 Å². The molecular weight excluding hydrogens is 364 g/mol. The Morgan fingerprint density at radius 3 is 2.37 bits per heavy atom. The predicted octanol–water partition coefficient (Wildman–Crippen LogP) is 4.63. The molecule has 0 aliphatic heterocycles. The van der Waals surface area contributed by atoms with Gasteiger partial charge in [-0.3, -0.25) is 4.79 Å². The number of aromatic nitrogens is 2. The van der Waals surface area contributed by atoms with E-state index >= 15 is 0 Å². The maximum atomic E-state index is 13.1. The van der Waals surface area contributed by atoms with Crippen molar-refractivity contribution in [1.29, 1.82) is 0 Å². The smallest absolute Gasteiger partial charge is 0.340 e. The summed E-state index contributed by atoms with van der Waals surface area (Å²) >= 11 is 0. The first-order valence-electron chi connectivity index (χ1n) is 7.65. The van der Waals surface area contributed by atoms with Gasteiger partial charge in [0.25, 0.3) is 5.91 Å². The van der Waals surface area contributed by atoms with E-state index in [9.17, 15) is 22.4 Å². The molecule has 27 heavy (non-hydrogen) atoms. The Balaban J connectivity index is 1.80. The van der Waals surface area contributed by atoms with Gasteiger partial charge in [0.2, 0.25) is 0 Å². The third kappa shape index (κ3) is 4.57. The second-order valence-electron chi connectivity index (χ2n) is 5.42. The Morgan fingerprint density at radius 2 is 1.67 bits per heavy atom. The van der Waals surface area contributed by atoms with Crippen LogP contribution in [0, 0.1) is 5.82 Å². The van der Waals surface area contributed by atoms with Crippen molar-refractivity contribution >= 4 is 23.1 Å². The number of nitrogens with zero attached hydrogens (tertiary/aromatic N) is 2. The van der Waals surface area contributed by atoms with Gasteiger partial charge in [0.05, 0.1) is 11.3 Å². The second-order valence-corrected chi connectivity index (χ2v) is 5.42. The van der Waals surface area contributed by atoms with E-state index in [0.717, 1.165) is 12.4 Å². The molecule has 9 heteroatoms. The number of alkyl halides is 3. The Hall–Kier alpha value is -3.49. The van der Waals surface area contributed by atoms with Crippen LogP contribution in [0.3, 0.4) is 0 Å². The highest BCUT2D eigenvalue weighted by molar-refractivity contribution is 6.03. The number of amides is 1. The van der Waals surface area contributed by atoms with E-state index in [1.807, 2.05) is 0 Å². The lowest BCUT2D eigenvalue weighted by Gasteiger charge is -2.14. The molecule has 0 aliphatic rings. The Kier molecular flexibility index (Phi) is 5.02. The van der Waals surface area contributed by atoms with Crippen molar-refractivity contribution in [2.45, 2.75) is 6.18 Å². The van der Waals surface area contributed by atoms with E-state index in [0.29, 0.717) is 5.69 Å². The minimum absolute atomic E-state index is 0.0194. The highest BCUT2D eigenvalue weighted by atomic mass is 19.4. The van der Waals surface area contributed by atoms with Crippen molar-refractivity contribution in [2.75, 3.05) is 10.6 Å². The number of nitrogens with one attached hydrogen (secondary N) is 2. The van der Waals surface area contributed by atoms with Gasteiger partial charge in [-0.25, -0.2) is 14.4 Å². The summed E-state index contributed by atoms with van der Waals surface area (Å²) in [5, 5.41) is 5.05. The summed E-state index contributed by atoms with van der Waals surface area (Å²) in [7, 11) is 0. The molecule has 0 saturated heterocycles. The van der Waals surface area contributed by atoms with Gasteiger partial charge in [-0.15, -0.1) is 0 Å². The highest BCUT2D eigenvalue weighted by Gasteiger charge is 2.33. The zero-order chi connectivity index (χ0) is 19.4. The average Bonchev–Trinajstić information content (AvgIpc) is 2.63. The van der Waals surface area contributed by atoms with Crippen LogP contribution in [0.25, 0.3) is 0 Å². The molecule has 5 nitrogen and oxygen atoms in total. The van der Waals surface area contributed by atoms with Crippen molar-refractivity contribution in [3.63, 3.8) is 0 Å². The molecule has 0 unspecified atom stereocenters. The molecule has 1 aromatic heterocycles. The van der Waals surface area contributed by atoms with Crippen LogP contribution in [0.2, 0.25) is 0 Å². The lowest BCUT2D eigenvalue weighted by molar-refractivity contribution is -0.136. The molecule has 2 aromatic carbocycles. The number of carbonyl (C=O) groups is 1. The first-order chi connectivity index (χ1) is 12.8. The molecular formula is C18H12F4N4O. The van der Waals surface area contributed by atoms with Gasteiger partial charge < -0.3 is 10.6 Å². The molecule has 2 N–H and O–H groups in total. The Morgan fingerprint density at radius 1 is 0.963 bits per heavy atom. The van der Waals surface area contributed by atoms with Crippen LogP contribution < -0.4 is 10.6 Å². The third-order valence-corrected chi connectivity index (χ3v) is 3.50. The van der Waals surface area contributed by atoms with Crippen molar-refractivity contribution in [3.8, 4) is 0 Å². The molecule has 1 heterocycles. The summed E-state index contributed by atoms with van der Waals surface area (Å²) in [6.07, 6.45) is -3.49. The van der Waals surface area contributed by atoms with Gasteiger partial charge in [0.15, 0.2) is 0 Å². The van der Waals surface area contributed by atoms with Crippen LogP contribution in [-0.2, 0) is 6.18 Å². The largest absolute Gasteiger partial charge is 0.418 e. The average molecular weight is 376 g/mol. The molecule has 0 aliphatic carbocycles. The molecule has 0 saturated carbocycles. The summed E-state index contributed by atoms with van der Waals surface area (Å²) in [5.41, 5.74) is -0.784. The lowest BCUT2D eigenvalue weighted by Crippen LogP contribution is -2.14. The third-order valence-electron chi connectivity index (χ3n) is 3.50. The van der Waals surface area contributed by atoms with E-state index in [-0.39, 0.29) is 17.2 Å². The molecule has 0 atom stereocenters. The van der Waals surface area contributed by atoms with Crippen LogP contribution in [0.15, 0.2) is 60.9 Å². The van der Waals surface area contributed by atoms with Gasteiger partial charge >= 0.3 is 6.18 Å². The number of rotatable bonds is 4. The van der Waals surface area contributed by atoms with E-state index in [1.165, 1.54) is 48.5 Å². The molecule has 3 aromatic rings. The Bertz CT molecular complexity index is 958. The molecule has 0 radical (unpaired) electrons. The first kappa shape index (κ1) is 18.3. The number of halogens is 4. The summed E-state index contributed by atoms with van der Waals surface area (Å²) in [6, 6.07) is 11.2. The van der Waals surface area contributed by atoms with Crippen molar-refractivity contribution in [3.05, 3.63) is 78.0 Å². The van der Waals surface area contributed by atoms with Crippen LogP contribution in [0.4, 0.5) is 34.8 Å². The van der Waals surface area contributed by atoms with Crippen molar-refractivity contribution < 1.29 is 22.4 Å². The van der Waals surface area contributed by atoms with Crippen LogP contribution in [-0.4, -0.2) is 15.9 Å². The SMILES string of the molecule is O=C(Nc1ccc(F)cc1)c1cc(Nc2ccccc2C(F)(F)F)ncn1. The van der Waals surface area contributed by atoms with Gasteiger partial charge in [0, 0.05) is 11.8 Å². The zero-order valence-electron chi connectivity index (χ0n) is 13.6. The van der Waals surface area contributed by atoms with Gasteiger partial charge in [-0.05, 0) is 36.4 Å². The monoisotopic (exact) mass is 376 g/mol. The summed E-state index contributed by atoms with van der Waals surface area (Å²) in [6.45, 7) is 0. The summed E-state index contributed by atoms with van der Waals surface area (Å²) < 4.78 is 52.1. The summed E-state index contributed by atoms with van der Waals surface area (Å²) in [5.74, 6) is -1.05. The highest BCUT2D eigenvalue weighted by Crippen LogP contribution is 2.35. The number of para-hydroxylation sites is 1. The maximum Gasteiger partial charge on any atom is 0.418 e. The minimum atomic E-state index is -4.54. The van der Waals surface area contributed by atoms with Crippen molar-refractivity contribution in [1.82, 2.24) is 9.97 Å².